The zero-order chi connectivity index (χ0) is 9.10. The Hall–Kier alpha value is -1.61. The summed E-state index contributed by atoms with van der Waals surface area (Å²) in [6.07, 6.45) is 3.67. The zero-order valence-electron chi connectivity index (χ0n) is 7.20. The van der Waals surface area contributed by atoms with Crippen molar-refractivity contribution in [2.75, 3.05) is 0 Å². The predicted molar refractivity (Wildman–Crippen MR) is 51.9 cm³/mol. The molecule has 0 bridgehead atoms. The molecule has 0 amide bonds. The van der Waals surface area contributed by atoms with Crippen LogP contribution < -0.4 is 5.73 Å². The average Bonchev–Trinajstić information content (AvgIpc) is 2.70. The van der Waals surface area contributed by atoms with Crippen LogP contribution in [0.5, 0.6) is 0 Å². The Balaban J connectivity index is 2.51. The van der Waals surface area contributed by atoms with Gasteiger partial charge in [0.2, 0.25) is 0 Å². The molecular formula is C10H11N3. The molecule has 2 rings (SSSR count). The van der Waals surface area contributed by atoms with Gasteiger partial charge in [-0.05, 0) is 11.1 Å². The highest BCUT2D eigenvalue weighted by molar-refractivity contribution is 5.65. The second-order valence-corrected chi connectivity index (χ2v) is 2.85. The maximum Gasteiger partial charge on any atom is 0.0565 e. The number of hydrogen-bond acceptors (Lipinski definition) is 2. The van der Waals surface area contributed by atoms with Gasteiger partial charge in [-0.25, -0.2) is 0 Å². The molecule has 2 aromatic rings. The third kappa shape index (κ3) is 1.46. The number of benzene rings is 1. The highest BCUT2D eigenvalue weighted by Gasteiger charge is 2.02. The minimum absolute atomic E-state index is 0.557. The van der Waals surface area contributed by atoms with Gasteiger partial charge in [0.1, 0.15) is 0 Å². The van der Waals surface area contributed by atoms with Crippen LogP contribution in [0.4, 0.5) is 0 Å². The molecule has 0 atom stereocenters. The third-order valence-corrected chi connectivity index (χ3v) is 2.05. The van der Waals surface area contributed by atoms with Gasteiger partial charge in [-0.3, -0.25) is 5.10 Å². The topological polar surface area (TPSA) is 54.7 Å². The third-order valence-electron chi connectivity index (χ3n) is 2.05. The van der Waals surface area contributed by atoms with Gasteiger partial charge in [0, 0.05) is 18.3 Å². The van der Waals surface area contributed by atoms with Crippen molar-refractivity contribution in [1.82, 2.24) is 10.2 Å². The molecule has 1 aromatic heterocycles. The van der Waals surface area contributed by atoms with Gasteiger partial charge in [-0.2, -0.15) is 5.10 Å². The van der Waals surface area contributed by atoms with Crippen molar-refractivity contribution in [3.8, 4) is 11.1 Å². The standard InChI is InChI=1S/C10H11N3/c11-5-8-3-1-2-4-10(8)9-6-12-13-7-9/h1-4,6-7H,5,11H2,(H,12,13). The Kier molecular flexibility index (Phi) is 2.10. The molecule has 0 radical (unpaired) electrons. The fourth-order valence-electron chi connectivity index (χ4n) is 1.38. The average molecular weight is 173 g/mol. The fraction of sp³-hybridized carbons (Fsp3) is 0.100. The van der Waals surface area contributed by atoms with E-state index in [9.17, 15) is 0 Å². The van der Waals surface area contributed by atoms with Crippen molar-refractivity contribution >= 4 is 0 Å². The number of nitrogens with zero attached hydrogens (tertiary/aromatic N) is 1. The number of rotatable bonds is 2. The first-order chi connectivity index (χ1) is 6.42. The van der Waals surface area contributed by atoms with E-state index in [0.717, 1.165) is 16.7 Å². The molecule has 66 valence electrons. The van der Waals surface area contributed by atoms with E-state index in [4.69, 9.17) is 5.73 Å². The molecule has 3 N–H and O–H groups in total. The molecule has 1 aromatic carbocycles. The SMILES string of the molecule is NCc1ccccc1-c1cn[nH]c1. The van der Waals surface area contributed by atoms with Gasteiger partial charge >= 0.3 is 0 Å². The summed E-state index contributed by atoms with van der Waals surface area (Å²) in [4.78, 5) is 0. The molecule has 0 spiro atoms. The van der Waals surface area contributed by atoms with Crippen LogP contribution in [-0.4, -0.2) is 10.2 Å². The molecular weight excluding hydrogens is 162 g/mol. The van der Waals surface area contributed by atoms with Gasteiger partial charge in [-0.15, -0.1) is 0 Å². The Morgan fingerprint density at radius 3 is 2.85 bits per heavy atom. The quantitative estimate of drug-likeness (QED) is 0.723. The zero-order valence-corrected chi connectivity index (χ0v) is 7.20. The summed E-state index contributed by atoms with van der Waals surface area (Å²) in [6, 6.07) is 8.07. The van der Waals surface area contributed by atoms with Gasteiger partial charge in [-0.1, -0.05) is 24.3 Å². The first-order valence-corrected chi connectivity index (χ1v) is 4.19. The van der Waals surface area contributed by atoms with Crippen LogP contribution in [0.2, 0.25) is 0 Å². The number of aromatic amines is 1. The van der Waals surface area contributed by atoms with Crippen molar-refractivity contribution in [3.63, 3.8) is 0 Å². The molecule has 0 aliphatic heterocycles. The van der Waals surface area contributed by atoms with E-state index in [2.05, 4.69) is 10.2 Å². The predicted octanol–water partition coefficient (Wildman–Crippen LogP) is 1.54. The summed E-state index contributed by atoms with van der Waals surface area (Å²) in [5.74, 6) is 0. The Morgan fingerprint density at radius 2 is 2.15 bits per heavy atom. The summed E-state index contributed by atoms with van der Waals surface area (Å²) < 4.78 is 0. The van der Waals surface area contributed by atoms with Crippen LogP contribution in [0.15, 0.2) is 36.7 Å². The minimum Gasteiger partial charge on any atom is -0.326 e. The largest absolute Gasteiger partial charge is 0.326 e. The summed E-state index contributed by atoms with van der Waals surface area (Å²) in [7, 11) is 0. The van der Waals surface area contributed by atoms with Crippen molar-refractivity contribution in [1.29, 1.82) is 0 Å². The van der Waals surface area contributed by atoms with Crippen LogP contribution in [-0.2, 0) is 6.54 Å². The van der Waals surface area contributed by atoms with Crippen LogP contribution in [0, 0.1) is 0 Å². The number of hydrogen-bond donors (Lipinski definition) is 2. The molecule has 1 heterocycles. The Morgan fingerprint density at radius 1 is 1.31 bits per heavy atom. The van der Waals surface area contributed by atoms with Crippen molar-refractivity contribution < 1.29 is 0 Å². The van der Waals surface area contributed by atoms with E-state index in [1.54, 1.807) is 6.20 Å². The lowest BCUT2D eigenvalue weighted by Gasteiger charge is -2.03. The van der Waals surface area contributed by atoms with E-state index in [1.807, 2.05) is 30.5 Å². The second kappa shape index (κ2) is 3.41. The van der Waals surface area contributed by atoms with Crippen LogP contribution in [0.1, 0.15) is 5.56 Å². The lowest BCUT2D eigenvalue weighted by atomic mass is 10.0. The van der Waals surface area contributed by atoms with Gasteiger partial charge < -0.3 is 5.73 Å². The van der Waals surface area contributed by atoms with E-state index in [0.29, 0.717) is 6.54 Å². The van der Waals surface area contributed by atoms with Crippen LogP contribution in [0.25, 0.3) is 11.1 Å². The maximum atomic E-state index is 5.63. The minimum atomic E-state index is 0.557. The lowest BCUT2D eigenvalue weighted by molar-refractivity contribution is 1.07. The molecule has 0 fully saturated rings. The normalized spacial score (nSPS) is 10.2. The highest BCUT2D eigenvalue weighted by atomic mass is 15.1. The van der Waals surface area contributed by atoms with Crippen LogP contribution >= 0.6 is 0 Å². The Bertz CT molecular complexity index is 379. The number of nitrogens with two attached hydrogens (primary N) is 1. The number of H-pyrrole nitrogens is 1. The van der Waals surface area contributed by atoms with E-state index >= 15 is 0 Å². The highest BCUT2D eigenvalue weighted by Crippen LogP contribution is 2.21. The maximum absolute atomic E-state index is 5.63. The van der Waals surface area contributed by atoms with E-state index in [1.165, 1.54) is 0 Å². The van der Waals surface area contributed by atoms with Gasteiger partial charge in [0.05, 0.1) is 6.20 Å². The molecule has 0 aliphatic rings. The second-order valence-electron chi connectivity index (χ2n) is 2.85. The molecule has 0 saturated carbocycles. The first-order valence-electron chi connectivity index (χ1n) is 4.19. The Labute approximate surface area is 76.6 Å². The van der Waals surface area contributed by atoms with Gasteiger partial charge in [0.15, 0.2) is 0 Å². The fourth-order valence-corrected chi connectivity index (χ4v) is 1.38. The molecule has 3 nitrogen and oxygen atoms in total. The molecule has 13 heavy (non-hydrogen) atoms. The monoisotopic (exact) mass is 173 g/mol. The molecule has 0 unspecified atom stereocenters. The van der Waals surface area contributed by atoms with E-state index < -0.39 is 0 Å². The smallest absolute Gasteiger partial charge is 0.0565 e. The van der Waals surface area contributed by atoms with Crippen molar-refractivity contribution in [2.45, 2.75) is 6.54 Å². The summed E-state index contributed by atoms with van der Waals surface area (Å²) in [5, 5.41) is 6.70. The molecule has 0 aliphatic carbocycles. The van der Waals surface area contributed by atoms with Crippen LogP contribution in [0.3, 0.4) is 0 Å². The summed E-state index contributed by atoms with van der Waals surface area (Å²) in [5.41, 5.74) is 9.00. The molecule has 3 heteroatoms. The number of nitrogens with one attached hydrogen (secondary N) is 1. The molecule has 0 saturated heterocycles. The van der Waals surface area contributed by atoms with Crippen molar-refractivity contribution in [2.24, 2.45) is 5.73 Å². The summed E-state index contributed by atoms with van der Waals surface area (Å²) in [6.45, 7) is 0.557. The first kappa shape index (κ1) is 8.01. The number of aromatic nitrogens is 2. The summed E-state index contributed by atoms with van der Waals surface area (Å²) >= 11 is 0. The van der Waals surface area contributed by atoms with Crippen molar-refractivity contribution in [3.05, 3.63) is 42.2 Å². The van der Waals surface area contributed by atoms with E-state index in [-0.39, 0.29) is 0 Å². The van der Waals surface area contributed by atoms with Gasteiger partial charge in [0.25, 0.3) is 0 Å². The lowest BCUT2D eigenvalue weighted by Crippen LogP contribution is -1.97.